The van der Waals surface area contributed by atoms with Crippen molar-refractivity contribution in [1.29, 1.82) is 0 Å². The van der Waals surface area contributed by atoms with Crippen LogP contribution in [0.1, 0.15) is 19.9 Å². The maximum Gasteiger partial charge on any atom is 0.118 e. The molecule has 2 aromatic rings. The van der Waals surface area contributed by atoms with Crippen molar-refractivity contribution >= 4 is 0 Å². The molecule has 0 amide bonds. The zero-order valence-corrected chi connectivity index (χ0v) is 9.84. The van der Waals surface area contributed by atoms with E-state index >= 15 is 0 Å². The van der Waals surface area contributed by atoms with Gasteiger partial charge in [0, 0.05) is 17.8 Å². The van der Waals surface area contributed by atoms with Crippen LogP contribution >= 0.6 is 0 Å². The second-order valence-corrected chi connectivity index (χ2v) is 4.00. The highest BCUT2D eigenvalue weighted by Gasteiger charge is 2.04. The van der Waals surface area contributed by atoms with Gasteiger partial charge in [0.1, 0.15) is 5.75 Å². The number of rotatable bonds is 3. The first kappa shape index (κ1) is 10.7. The van der Waals surface area contributed by atoms with Crippen molar-refractivity contribution in [3.63, 3.8) is 0 Å². The van der Waals surface area contributed by atoms with Gasteiger partial charge in [-0.2, -0.15) is 5.10 Å². The minimum atomic E-state index is 0.395. The van der Waals surface area contributed by atoms with Crippen LogP contribution in [0.25, 0.3) is 11.3 Å². The Morgan fingerprint density at radius 3 is 2.31 bits per heavy atom. The van der Waals surface area contributed by atoms with Crippen molar-refractivity contribution in [2.75, 3.05) is 7.11 Å². The lowest BCUT2D eigenvalue weighted by Gasteiger charge is -2.04. The maximum atomic E-state index is 5.12. The molecule has 0 bridgehead atoms. The predicted octanol–water partition coefficient (Wildman–Crippen LogP) is 3.14. The van der Waals surface area contributed by atoms with E-state index in [0.29, 0.717) is 6.04 Å². The summed E-state index contributed by atoms with van der Waals surface area (Å²) in [7, 11) is 1.67. The molecule has 0 fully saturated rings. The molecule has 0 saturated heterocycles. The molecule has 1 aromatic heterocycles. The van der Waals surface area contributed by atoms with E-state index in [9.17, 15) is 0 Å². The first-order valence-electron chi connectivity index (χ1n) is 5.40. The summed E-state index contributed by atoms with van der Waals surface area (Å²) in [6.45, 7) is 4.23. The Labute approximate surface area is 95.7 Å². The van der Waals surface area contributed by atoms with Gasteiger partial charge in [0.15, 0.2) is 0 Å². The van der Waals surface area contributed by atoms with Crippen LogP contribution in [0.3, 0.4) is 0 Å². The molecule has 0 aliphatic heterocycles. The molecule has 84 valence electrons. The summed E-state index contributed by atoms with van der Waals surface area (Å²) in [5.41, 5.74) is 2.11. The molecule has 0 radical (unpaired) electrons. The summed E-state index contributed by atoms with van der Waals surface area (Å²) in [5, 5.41) is 4.51. The van der Waals surface area contributed by atoms with Gasteiger partial charge in [0.25, 0.3) is 0 Å². The van der Waals surface area contributed by atoms with Gasteiger partial charge in [-0.1, -0.05) is 0 Å². The van der Waals surface area contributed by atoms with Crippen LogP contribution in [0.4, 0.5) is 0 Å². The minimum absolute atomic E-state index is 0.395. The Balaban J connectivity index is 2.28. The fourth-order valence-corrected chi connectivity index (χ4v) is 1.54. The second kappa shape index (κ2) is 4.39. The lowest BCUT2D eigenvalue weighted by molar-refractivity contribution is 0.415. The monoisotopic (exact) mass is 216 g/mol. The average Bonchev–Trinajstić information content (AvgIpc) is 2.78. The zero-order chi connectivity index (χ0) is 11.5. The average molecular weight is 216 g/mol. The number of benzene rings is 1. The Bertz CT molecular complexity index is 457. The number of methoxy groups -OCH3 is 1. The molecule has 0 aliphatic carbocycles. The predicted molar refractivity (Wildman–Crippen MR) is 64.6 cm³/mol. The van der Waals surface area contributed by atoms with E-state index in [1.165, 1.54) is 0 Å². The van der Waals surface area contributed by atoms with Crippen molar-refractivity contribution in [2.45, 2.75) is 19.9 Å². The first-order valence-corrected chi connectivity index (χ1v) is 5.40. The first-order chi connectivity index (χ1) is 7.70. The van der Waals surface area contributed by atoms with E-state index in [1.807, 2.05) is 41.2 Å². The maximum absolute atomic E-state index is 5.12. The number of aromatic nitrogens is 2. The van der Waals surface area contributed by atoms with Crippen LogP contribution in [-0.4, -0.2) is 16.9 Å². The quantitative estimate of drug-likeness (QED) is 0.788. The van der Waals surface area contributed by atoms with Crippen molar-refractivity contribution in [2.24, 2.45) is 0 Å². The molecule has 1 heterocycles. The zero-order valence-electron chi connectivity index (χ0n) is 9.84. The highest BCUT2D eigenvalue weighted by molar-refractivity contribution is 5.59. The fraction of sp³-hybridized carbons (Fsp3) is 0.308. The van der Waals surface area contributed by atoms with Gasteiger partial charge in [-0.05, 0) is 44.2 Å². The summed E-state index contributed by atoms with van der Waals surface area (Å²) in [6.07, 6.45) is 2.00. The fourth-order valence-electron chi connectivity index (χ4n) is 1.54. The third kappa shape index (κ3) is 2.08. The molecule has 0 saturated carbocycles. The van der Waals surface area contributed by atoms with E-state index < -0.39 is 0 Å². The molecular weight excluding hydrogens is 200 g/mol. The van der Waals surface area contributed by atoms with Gasteiger partial charge < -0.3 is 4.74 Å². The van der Waals surface area contributed by atoms with Crippen molar-refractivity contribution in [3.8, 4) is 17.0 Å². The normalized spacial score (nSPS) is 10.8. The van der Waals surface area contributed by atoms with E-state index in [4.69, 9.17) is 4.74 Å². The summed E-state index contributed by atoms with van der Waals surface area (Å²) in [4.78, 5) is 0. The van der Waals surface area contributed by atoms with Crippen LogP contribution in [-0.2, 0) is 0 Å². The molecular formula is C13H16N2O. The topological polar surface area (TPSA) is 27.1 Å². The molecule has 3 heteroatoms. The molecule has 0 unspecified atom stereocenters. The van der Waals surface area contributed by atoms with Crippen molar-refractivity contribution in [3.05, 3.63) is 36.5 Å². The summed E-state index contributed by atoms with van der Waals surface area (Å²) in [6, 6.07) is 10.4. The summed E-state index contributed by atoms with van der Waals surface area (Å²) < 4.78 is 7.08. The van der Waals surface area contributed by atoms with Gasteiger partial charge in [0.2, 0.25) is 0 Å². The standard InChI is InChI=1S/C13H16N2O/c1-10(2)15-9-8-13(14-15)11-4-6-12(16-3)7-5-11/h4-10H,1-3H3. The summed E-state index contributed by atoms with van der Waals surface area (Å²) >= 11 is 0. The van der Waals surface area contributed by atoms with Crippen molar-refractivity contribution in [1.82, 2.24) is 9.78 Å². The molecule has 3 nitrogen and oxygen atoms in total. The van der Waals surface area contributed by atoms with Gasteiger partial charge >= 0.3 is 0 Å². The molecule has 0 aliphatic rings. The van der Waals surface area contributed by atoms with Crippen LogP contribution in [0, 0.1) is 0 Å². The molecule has 1 aromatic carbocycles. The lowest BCUT2D eigenvalue weighted by atomic mass is 10.1. The highest BCUT2D eigenvalue weighted by atomic mass is 16.5. The van der Waals surface area contributed by atoms with Gasteiger partial charge in [-0.3, -0.25) is 4.68 Å². The van der Waals surface area contributed by atoms with Crippen molar-refractivity contribution < 1.29 is 4.74 Å². The SMILES string of the molecule is COc1ccc(-c2ccn(C(C)C)n2)cc1. The van der Waals surface area contributed by atoms with Crippen LogP contribution in [0.5, 0.6) is 5.75 Å². The van der Waals surface area contributed by atoms with E-state index in [2.05, 4.69) is 18.9 Å². The Kier molecular flexibility index (Phi) is 2.95. The van der Waals surface area contributed by atoms with Crippen LogP contribution < -0.4 is 4.74 Å². The smallest absolute Gasteiger partial charge is 0.118 e. The van der Waals surface area contributed by atoms with E-state index in [-0.39, 0.29) is 0 Å². The Morgan fingerprint density at radius 1 is 1.12 bits per heavy atom. The Morgan fingerprint density at radius 2 is 1.81 bits per heavy atom. The second-order valence-electron chi connectivity index (χ2n) is 4.00. The lowest BCUT2D eigenvalue weighted by Crippen LogP contribution is -2.00. The molecule has 0 N–H and O–H groups in total. The summed E-state index contributed by atoms with van der Waals surface area (Å²) in [5.74, 6) is 0.868. The van der Waals surface area contributed by atoms with Gasteiger partial charge in [-0.15, -0.1) is 0 Å². The largest absolute Gasteiger partial charge is 0.497 e. The molecule has 16 heavy (non-hydrogen) atoms. The molecule has 0 atom stereocenters. The third-order valence-electron chi connectivity index (χ3n) is 2.52. The van der Waals surface area contributed by atoms with Gasteiger partial charge in [0.05, 0.1) is 12.8 Å². The number of hydrogen-bond acceptors (Lipinski definition) is 2. The molecule has 2 rings (SSSR count). The Hall–Kier alpha value is -1.77. The number of hydrogen-bond donors (Lipinski definition) is 0. The minimum Gasteiger partial charge on any atom is -0.497 e. The third-order valence-corrected chi connectivity index (χ3v) is 2.52. The van der Waals surface area contributed by atoms with E-state index in [1.54, 1.807) is 7.11 Å². The van der Waals surface area contributed by atoms with E-state index in [0.717, 1.165) is 17.0 Å². The number of ether oxygens (including phenoxy) is 1. The van der Waals surface area contributed by atoms with Crippen LogP contribution in [0.2, 0.25) is 0 Å². The van der Waals surface area contributed by atoms with Gasteiger partial charge in [-0.25, -0.2) is 0 Å². The highest BCUT2D eigenvalue weighted by Crippen LogP contribution is 2.21. The number of nitrogens with zero attached hydrogens (tertiary/aromatic N) is 2. The molecule has 0 spiro atoms. The van der Waals surface area contributed by atoms with Crippen LogP contribution in [0.15, 0.2) is 36.5 Å².